The first kappa shape index (κ1) is 17.1. The van der Waals surface area contributed by atoms with Crippen molar-refractivity contribution in [3.05, 3.63) is 45.3 Å². The zero-order valence-electron chi connectivity index (χ0n) is 11.3. The van der Waals surface area contributed by atoms with Crippen molar-refractivity contribution in [3.63, 3.8) is 0 Å². The molecule has 1 aromatic heterocycles. The Morgan fingerprint density at radius 3 is 2.64 bits per heavy atom. The maximum atomic E-state index is 12.2. The molecule has 0 bridgehead atoms. The number of halogens is 2. The van der Waals surface area contributed by atoms with Crippen LogP contribution in [-0.4, -0.2) is 14.3 Å². The summed E-state index contributed by atoms with van der Waals surface area (Å²) in [7, 11) is -3.99. The average molecular weight is 380 g/mol. The SMILES string of the molecule is CC(=O)NCc1ccc(S(=O)(=O)Oc2ccc(Cl)cc2Cl)s1. The smallest absolute Gasteiger partial charge is 0.348 e. The highest BCUT2D eigenvalue weighted by Crippen LogP contribution is 2.31. The molecule has 9 heteroatoms. The van der Waals surface area contributed by atoms with Gasteiger partial charge in [-0.2, -0.15) is 8.42 Å². The molecule has 0 spiro atoms. The molecule has 1 heterocycles. The van der Waals surface area contributed by atoms with Crippen LogP contribution in [0.15, 0.2) is 34.5 Å². The second-order valence-corrected chi connectivity index (χ2v) is 8.03. The maximum Gasteiger partial charge on any atom is 0.348 e. The van der Waals surface area contributed by atoms with Crippen LogP contribution in [0.3, 0.4) is 0 Å². The summed E-state index contributed by atoms with van der Waals surface area (Å²) in [4.78, 5) is 11.5. The predicted molar refractivity (Wildman–Crippen MR) is 86.1 cm³/mol. The van der Waals surface area contributed by atoms with Crippen LogP contribution in [-0.2, 0) is 21.5 Å². The third-order valence-electron chi connectivity index (χ3n) is 2.49. The minimum Gasteiger partial charge on any atom is -0.377 e. The summed E-state index contributed by atoms with van der Waals surface area (Å²) in [5.41, 5.74) is 0. The van der Waals surface area contributed by atoms with Gasteiger partial charge in [0.2, 0.25) is 5.91 Å². The Morgan fingerprint density at radius 2 is 2.00 bits per heavy atom. The van der Waals surface area contributed by atoms with Gasteiger partial charge < -0.3 is 9.50 Å². The zero-order valence-corrected chi connectivity index (χ0v) is 14.4. The Balaban J connectivity index is 2.18. The molecule has 0 aliphatic heterocycles. The van der Waals surface area contributed by atoms with Crippen molar-refractivity contribution in [3.8, 4) is 5.75 Å². The van der Waals surface area contributed by atoms with Crippen molar-refractivity contribution in [2.45, 2.75) is 17.7 Å². The second-order valence-electron chi connectivity index (χ2n) is 4.24. The molecule has 0 radical (unpaired) electrons. The number of carbonyl (C=O) groups excluding carboxylic acids is 1. The Morgan fingerprint density at radius 1 is 1.27 bits per heavy atom. The van der Waals surface area contributed by atoms with E-state index in [-0.39, 0.29) is 27.4 Å². The fourth-order valence-corrected chi connectivity index (χ4v) is 4.20. The van der Waals surface area contributed by atoms with Crippen molar-refractivity contribution in [1.82, 2.24) is 5.32 Å². The van der Waals surface area contributed by atoms with Gasteiger partial charge in [0.1, 0.15) is 0 Å². The predicted octanol–water partition coefficient (Wildman–Crippen LogP) is 3.46. The molecule has 118 valence electrons. The second kappa shape index (κ2) is 6.87. The van der Waals surface area contributed by atoms with Gasteiger partial charge in [-0.1, -0.05) is 23.2 Å². The molecule has 0 fully saturated rings. The monoisotopic (exact) mass is 379 g/mol. The Bertz CT molecular complexity index is 802. The lowest BCUT2D eigenvalue weighted by Gasteiger charge is -2.07. The number of nitrogens with one attached hydrogen (secondary N) is 1. The number of amides is 1. The molecule has 0 saturated heterocycles. The normalized spacial score (nSPS) is 11.2. The number of benzene rings is 1. The number of carbonyl (C=O) groups is 1. The molecule has 22 heavy (non-hydrogen) atoms. The Kier molecular flexibility index (Phi) is 5.33. The number of thiophene rings is 1. The molecule has 0 unspecified atom stereocenters. The minimum absolute atomic E-state index is 0.00266. The maximum absolute atomic E-state index is 12.2. The molecule has 1 amide bonds. The first-order valence-electron chi connectivity index (χ1n) is 6.00. The molecule has 0 aliphatic rings. The van der Waals surface area contributed by atoms with Gasteiger partial charge >= 0.3 is 10.1 Å². The molecule has 0 aliphatic carbocycles. The van der Waals surface area contributed by atoms with Crippen LogP contribution < -0.4 is 9.50 Å². The van der Waals surface area contributed by atoms with Gasteiger partial charge in [0, 0.05) is 16.8 Å². The van der Waals surface area contributed by atoms with Gasteiger partial charge in [-0.15, -0.1) is 11.3 Å². The van der Waals surface area contributed by atoms with E-state index in [9.17, 15) is 13.2 Å². The van der Waals surface area contributed by atoms with Crippen LogP contribution in [0, 0.1) is 0 Å². The molecule has 0 atom stereocenters. The molecular formula is C13H11Cl2NO4S2. The van der Waals surface area contributed by atoms with Crippen molar-refractivity contribution < 1.29 is 17.4 Å². The van der Waals surface area contributed by atoms with Crippen molar-refractivity contribution >= 4 is 50.6 Å². The summed E-state index contributed by atoms with van der Waals surface area (Å²) in [5.74, 6) is -0.190. The fraction of sp³-hybridized carbons (Fsp3) is 0.154. The van der Waals surface area contributed by atoms with Crippen LogP contribution >= 0.6 is 34.5 Å². The van der Waals surface area contributed by atoms with Crippen LogP contribution in [0.4, 0.5) is 0 Å². The largest absolute Gasteiger partial charge is 0.377 e. The van der Waals surface area contributed by atoms with Crippen molar-refractivity contribution in [2.75, 3.05) is 0 Å². The standard InChI is InChI=1S/C13H11Cl2NO4S2/c1-8(17)16-7-10-3-5-13(21-10)22(18,19)20-12-4-2-9(14)6-11(12)15/h2-6H,7H2,1H3,(H,16,17). The van der Waals surface area contributed by atoms with E-state index in [1.807, 2.05) is 0 Å². The highest BCUT2D eigenvalue weighted by Gasteiger charge is 2.21. The summed E-state index contributed by atoms with van der Waals surface area (Å²) in [5, 5.41) is 3.07. The summed E-state index contributed by atoms with van der Waals surface area (Å²) >= 11 is 12.7. The van der Waals surface area contributed by atoms with Gasteiger partial charge in [-0.3, -0.25) is 4.79 Å². The van der Waals surface area contributed by atoms with E-state index in [0.717, 1.165) is 11.3 Å². The minimum atomic E-state index is -3.99. The molecular weight excluding hydrogens is 369 g/mol. The highest BCUT2D eigenvalue weighted by atomic mass is 35.5. The van der Waals surface area contributed by atoms with E-state index >= 15 is 0 Å². The fourth-order valence-electron chi connectivity index (χ4n) is 1.50. The van der Waals surface area contributed by atoms with E-state index in [2.05, 4.69) is 5.32 Å². The van der Waals surface area contributed by atoms with Crippen molar-refractivity contribution in [1.29, 1.82) is 0 Å². The van der Waals surface area contributed by atoms with Gasteiger partial charge in [0.05, 0.1) is 11.6 Å². The summed E-state index contributed by atoms with van der Waals surface area (Å²) < 4.78 is 29.4. The van der Waals surface area contributed by atoms with Crippen LogP contribution in [0.25, 0.3) is 0 Å². The topological polar surface area (TPSA) is 72.5 Å². The van der Waals surface area contributed by atoms with Gasteiger partial charge in [0.25, 0.3) is 0 Å². The lowest BCUT2D eigenvalue weighted by atomic mass is 10.3. The molecule has 2 aromatic rings. The summed E-state index contributed by atoms with van der Waals surface area (Å²) in [6, 6.07) is 7.29. The highest BCUT2D eigenvalue weighted by molar-refractivity contribution is 7.89. The number of hydrogen-bond acceptors (Lipinski definition) is 5. The number of hydrogen-bond donors (Lipinski definition) is 1. The Hall–Kier alpha value is -1.28. The van der Waals surface area contributed by atoms with E-state index in [0.29, 0.717) is 9.90 Å². The van der Waals surface area contributed by atoms with E-state index in [1.54, 1.807) is 6.07 Å². The molecule has 1 aromatic carbocycles. The zero-order chi connectivity index (χ0) is 16.3. The first-order valence-corrected chi connectivity index (χ1v) is 8.99. The lowest BCUT2D eigenvalue weighted by Crippen LogP contribution is -2.18. The van der Waals surface area contributed by atoms with Crippen LogP contribution in [0.1, 0.15) is 11.8 Å². The Labute approximate surface area is 141 Å². The third kappa shape index (κ3) is 4.36. The molecule has 2 rings (SSSR count). The third-order valence-corrected chi connectivity index (χ3v) is 5.79. The molecule has 5 nitrogen and oxygen atoms in total. The van der Waals surface area contributed by atoms with E-state index in [1.165, 1.54) is 31.2 Å². The van der Waals surface area contributed by atoms with Gasteiger partial charge in [-0.05, 0) is 30.3 Å². The quantitative estimate of drug-likeness (QED) is 0.807. The van der Waals surface area contributed by atoms with Gasteiger partial charge in [-0.25, -0.2) is 0 Å². The van der Waals surface area contributed by atoms with Crippen molar-refractivity contribution in [2.24, 2.45) is 0 Å². The van der Waals surface area contributed by atoms with Crippen LogP contribution in [0.5, 0.6) is 5.75 Å². The van der Waals surface area contributed by atoms with Crippen LogP contribution in [0.2, 0.25) is 10.0 Å². The summed E-state index contributed by atoms with van der Waals surface area (Å²) in [6.45, 7) is 1.65. The summed E-state index contributed by atoms with van der Waals surface area (Å²) in [6.07, 6.45) is 0. The molecule has 1 N–H and O–H groups in total. The van der Waals surface area contributed by atoms with E-state index in [4.69, 9.17) is 27.4 Å². The number of rotatable bonds is 5. The van der Waals surface area contributed by atoms with E-state index < -0.39 is 10.1 Å². The molecule has 0 saturated carbocycles. The first-order chi connectivity index (χ1) is 10.3. The lowest BCUT2D eigenvalue weighted by molar-refractivity contribution is -0.119. The average Bonchev–Trinajstić information content (AvgIpc) is 2.89. The van der Waals surface area contributed by atoms with Gasteiger partial charge in [0.15, 0.2) is 9.96 Å².